The Morgan fingerprint density at radius 3 is 2.38 bits per heavy atom. The average Bonchev–Trinajstić information content (AvgIpc) is 3.77. The number of nitrogens with one attached hydrogen (secondary N) is 3. The third-order valence-corrected chi connectivity index (χ3v) is 7.61. The van der Waals surface area contributed by atoms with Crippen molar-refractivity contribution in [3.8, 4) is 11.5 Å². The SMILES string of the molecule is C[C@@H]1CCc2ccccc2OCCN[C@@H](C2CC2)C(=O)N(C)[C@H](C)C(=O)N[C@H](Cc2ccc(O)cc2)C(=O)N1. The molecule has 0 saturated heterocycles. The average molecular weight is 537 g/mol. The number of para-hydroxylation sites is 1. The van der Waals surface area contributed by atoms with Gasteiger partial charge in [0, 0.05) is 26.1 Å². The third-order valence-electron chi connectivity index (χ3n) is 7.61. The van der Waals surface area contributed by atoms with Gasteiger partial charge >= 0.3 is 0 Å². The van der Waals surface area contributed by atoms with Gasteiger partial charge in [-0.15, -0.1) is 0 Å². The van der Waals surface area contributed by atoms with Gasteiger partial charge in [0.25, 0.3) is 0 Å². The number of benzene rings is 2. The van der Waals surface area contributed by atoms with Crippen LogP contribution < -0.4 is 20.7 Å². The van der Waals surface area contributed by atoms with E-state index in [9.17, 15) is 19.5 Å². The molecule has 0 aromatic heterocycles. The van der Waals surface area contributed by atoms with Crippen molar-refractivity contribution in [3.05, 3.63) is 59.7 Å². The van der Waals surface area contributed by atoms with Gasteiger partial charge in [0.1, 0.15) is 30.2 Å². The summed E-state index contributed by atoms with van der Waals surface area (Å²) in [7, 11) is 1.63. The third kappa shape index (κ3) is 7.72. The first-order valence-corrected chi connectivity index (χ1v) is 13.8. The number of aryl methyl sites for hydroxylation is 1. The molecule has 9 heteroatoms. The molecule has 1 aliphatic carbocycles. The van der Waals surface area contributed by atoms with Crippen molar-refractivity contribution in [2.45, 2.75) is 70.1 Å². The summed E-state index contributed by atoms with van der Waals surface area (Å²) < 4.78 is 6.07. The largest absolute Gasteiger partial charge is 0.508 e. The van der Waals surface area contributed by atoms with E-state index in [2.05, 4.69) is 16.0 Å². The van der Waals surface area contributed by atoms with E-state index >= 15 is 0 Å². The second-order valence-corrected chi connectivity index (χ2v) is 10.7. The maximum Gasteiger partial charge on any atom is 0.243 e. The zero-order valence-electron chi connectivity index (χ0n) is 23.0. The van der Waals surface area contributed by atoms with Gasteiger partial charge in [-0.2, -0.15) is 0 Å². The number of nitrogens with zero attached hydrogens (tertiary/aromatic N) is 1. The van der Waals surface area contributed by atoms with Crippen molar-refractivity contribution in [1.82, 2.24) is 20.9 Å². The molecule has 39 heavy (non-hydrogen) atoms. The number of fused-ring (bicyclic) bond motifs is 1. The Hall–Kier alpha value is -3.59. The van der Waals surface area contributed by atoms with Crippen LogP contribution in [0, 0.1) is 5.92 Å². The van der Waals surface area contributed by atoms with Gasteiger partial charge in [-0.1, -0.05) is 30.3 Å². The highest BCUT2D eigenvalue weighted by Gasteiger charge is 2.39. The van der Waals surface area contributed by atoms with E-state index in [-0.39, 0.29) is 42.0 Å². The first-order chi connectivity index (χ1) is 18.7. The molecule has 0 unspecified atom stereocenters. The first kappa shape index (κ1) is 28.4. The van der Waals surface area contributed by atoms with Crippen LogP contribution in [0.5, 0.6) is 11.5 Å². The van der Waals surface area contributed by atoms with Gasteiger partial charge in [-0.05, 0) is 74.8 Å². The van der Waals surface area contributed by atoms with Crippen LogP contribution in [0.25, 0.3) is 0 Å². The molecule has 2 aromatic carbocycles. The predicted molar refractivity (Wildman–Crippen MR) is 148 cm³/mol. The van der Waals surface area contributed by atoms with Crippen LogP contribution in [0.1, 0.15) is 44.2 Å². The van der Waals surface area contributed by atoms with Gasteiger partial charge in [0.15, 0.2) is 0 Å². The molecule has 9 nitrogen and oxygen atoms in total. The van der Waals surface area contributed by atoms with Gasteiger partial charge in [0.2, 0.25) is 17.7 Å². The number of carbonyl (C=O) groups excluding carboxylic acids is 3. The number of ether oxygens (including phenoxy) is 1. The molecule has 4 N–H and O–H groups in total. The number of aromatic hydroxyl groups is 1. The van der Waals surface area contributed by atoms with E-state index in [1.54, 1.807) is 38.2 Å². The van der Waals surface area contributed by atoms with E-state index in [1.165, 1.54) is 4.90 Å². The minimum atomic E-state index is -0.845. The lowest BCUT2D eigenvalue weighted by molar-refractivity contribution is -0.141. The maximum atomic E-state index is 13.4. The summed E-state index contributed by atoms with van der Waals surface area (Å²) in [4.78, 5) is 41.6. The van der Waals surface area contributed by atoms with E-state index < -0.39 is 18.0 Å². The fourth-order valence-corrected chi connectivity index (χ4v) is 4.85. The molecule has 1 fully saturated rings. The Kier molecular flexibility index (Phi) is 9.45. The lowest BCUT2D eigenvalue weighted by atomic mass is 10.0. The van der Waals surface area contributed by atoms with Gasteiger partial charge in [-0.3, -0.25) is 14.4 Å². The molecule has 1 heterocycles. The molecule has 0 radical (unpaired) electrons. The molecule has 1 aliphatic heterocycles. The lowest BCUT2D eigenvalue weighted by Gasteiger charge is -2.30. The minimum absolute atomic E-state index is 0.127. The van der Waals surface area contributed by atoms with E-state index in [4.69, 9.17) is 4.74 Å². The van der Waals surface area contributed by atoms with Gasteiger partial charge in [-0.25, -0.2) is 0 Å². The highest BCUT2D eigenvalue weighted by molar-refractivity contribution is 5.93. The molecule has 0 bridgehead atoms. The summed E-state index contributed by atoms with van der Waals surface area (Å²) in [5, 5.41) is 18.9. The zero-order valence-corrected chi connectivity index (χ0v) is 23.0. The molecule has 2 aliphatic rings. The van der Waals surface area contributed by atoms with Crippen molar-refractivity contribution in [2.24, 2.45) is 5.92 Å². The second-order valence-electron chi connectivity index (χ2n) is 10.7. The Morgan fingerprint density at radius 1 is 0.949 bits per heavy atom. The smallest absolute Gasteiger partial charge is 0.243 e. The number of carbonyl (C=O) groups is 3. The summed E-state index contributed by atoms with van der Waals surface area (Å²) in [5.41, 5.74) is 1.85. The molecule has 1 saturated carbocycles. The number of likely N-dealkylation sites (N-methyl/N-ethyl adjacent to an activating group) is 1. The fourth-order valence-electron chi connectivity index (χ4n) is 4.85. The minimum Gasteiger partial charge on any atom is -0.508 e. The lowest BCUT2D eigenvalue weighted by Crippen LogP contribution is -2.57. The second kappa shape index (κ2) is 13.0. The van der Waals surface area contributed by atoms with Crippen LogP contribution >= 0.6 is 0 Å². The van der Waals surface area contributed by atoms with Crippen molar-refractivity contribution >= 4 is 17.7 Å². The van der Waals surface area contributed by atoms with Gasteiger partial charge in [0.05, 0.1) is 6.04 Å². The highest BCUT2D eigenvalue weighted by Crippen LogP contribution is 2.33. The fraction of sp³-hybridized carbons (Fsp3) is 0.500. The standard InChI is InChI=1S/C30H40N4O5/c1-19-8-11-22-6-4-5-7-26(22)39-17-16-31-27(23-12-13-23)30(38)34(3)20(2)28(36)33-25(29(37)32-19)18-21-9-14-24(35)15-10-21/h4-7,9-10,14-15,19-20,23,25,27,31,35H,8,11-13,16-18H2,1-3H3,(H,32,37)(H,33,36)/t19-,20-,25-,27+/m1/s1. The maximum absolute atomic E-state index is 13.4. The molecule has 4 rings (SSSR count). The van der Waals surface area contributed by atoms with Crippen LogP contribution in [-0.2, 0) is 27.2 Å². The quantitative estimate of drug-likeness (QED) is 0.477. The van der Waals surface area contributed by atoms with E-state index in [0.29, 0.717) is 26.0 Å². The first-order valence-electron chi connectivity index (χ1n) is 13.8. The Balaban J connectivity index is 1.57. The van der Waals surface area contributed by atoms with Gasteiger partial charge < -0.3 is 30.7 Å². The Bertz CT molecular complexity index is 1150. The van der Waals surface area contributed by atoms with Crippen LogP contribution in [0.3, 0.4) is 0 Å². The van der Waals surface area contributed by atoms with E-state index in [1.807, 2.05) is 31.2 Å². The summed E-state index contributed by atoms with van der Waals surface area (Å²) >= 11 is 0. The monoisotopic (exact) mass is 536 g/mol. The predicted octanol–water partition coefficient (Wildman–Crippen LogP) is 2.16. The summed E-state index contributed by atoms with van der Waals surface area (Å²) in [6, 6.07) is 12.3. The molecule has 2 aromatic rings. The molecular weight excluding hydrogens is 496 g/mol. The number of amides is 3. The normalized spacial score (nSPS) is 25.9. The highest BCUT2D eigenvalue weighted by atomic mass is 16.5. The van der Waals surface area contributed by atoms with Crippen LogP contribution in [0.4, 0.5) is 0 Å². The van der Waals surface area contributed by atoms with Crippen LogP contribution in [0.2, 0.25) is 0 Å². The summed E-state index contributed by atoms with van der Waals surface area (Å²) in [5.74, 6) is 0.329. The van der Waals surface area contributed by atoms with Crippen LogP contribution in [0.15, 0.2) is 48.5 Å². The Labute approximate surface area is 230 Å². The van der Waals surface area contributed by atoms with E-state index in [0.717, 1.165) is 29.7 Å². The number of hydrogen-bond donors (Lipinski definition) is 4. The summed E-state index contributed by atoms with van der Waals surface area (Å²) in [6.45, 7) is 4.54. The number of rotatable bonds is 3. The molecular formula is C30H40N4O5. The molecule has 210 valence electrons. The number of hydrogen-bond acceptors (Lipinski definition) is 6. The van der Waals surface area contributed by atoms with Crippen molar-refractivity contribution in [3.63, 3.8) is 0 Å². The summed E-state index contributed by atoms with van der Waals surface area (Å²) in [6.07, 6.45) is 3.59. The topological polar surface area (TPSA) is 120 Å². The number of phenolic OH excluding ortho intramolecular Hbond substituents is 1. The van der Waals surface area contributed by atoms with Crippen molar-refractivity contribution < 1.29 is 24.2 Å². The molecule has 4 atom stereocenters. The van der Waals surface area contributed by atoms with Crippen molar-refractivity contribution in [2.75, 3.05) is 20.2 Å². The van der Waals surface area contributed by atoms with Crippen LogP contribution in [-0.4, -0.2) is 72.1 Å². The Morgan fingerprint density at radius 2 is 1.67 bits per heavy atom. The van der Waals surface area contributed by atoms with Crippen molar-refractivity contribution in [1.29, 1.82) is 0 Å². The molecule has 0 spiro atoms. The number of phenols is 1. The molecule has 3 amide bonds. The zero-order chi connectivity index (χ0) is 27.9.